The Morgan fingerprint density at radius 1 is 0.957 bits per heavy atom. The third-order valence-corrected chi connectivity index (χ3v) is 3.58. The first kappa shape index (κ1) is 16.8. The number of rotatable bonds is 7. The summed E-state index contributed by atoms with van der Waals surface area (Å²) in [6.07, 6.45) is 0. The van der Waals surface area contributed by atoms with Crippen molar-refractivity contribution < 1.29 is 9.18 Å². The molecule has 0 saturated heterocycles. The molecule has 0 aliphatic rings. The topological polar surface area (TPSA) is 44.4 Å². The summed E-state index contributed by atoms with van der Waals surface area (Å²) in [5.74, 6) is -0.501. The number of hydrogen-bond donors (Lipinski definition) is 2. The van der Waals surface area contributed by atoms with Gasteiger partial charge in [0, 0.05) is 30.2 Å². The van der Waals surface area contributed by atoms with E-state index in [9.17, 15) is 9.18 Å². The van der Waals surface area contributed by atoms with Gasteiger partial charge in [0.25, 0.3) is 0 Å². The van der Waals surface area contributed by atoms with Gasteiger partial charge in [-0.3, -0.25) is 4.79 Å². The molecule has 0 heterocycles. The maximum Gasteiger partial charge on any atom is 0.243 e. The van der Waals surface area contributed by atoms with Crippen molar-refractivity contribution in [1.29, 1.82) is 0 Å². The number of benzene rings is 2. The molecular formula is C18H22FN3O. The van der Waals surface area contributed by atoms with Crippen LogP contribution in [0.25, 0.3) is 0 Å². The van der Waals surface area contributed by atoms with Crippen LogP contribution in [0.4, 0.5) is 21.5 Å². The highest BCUT2D eigenvalue weighted by atomic mass is 19.1. The lowest BCUT2D eigenvalue weighted by atomic mass is 10.2. The van der Waals surface area contributed by atoms with Gasteiger partial charge in [-0.2, -0.15) is 0 Å². The van der Waals surface area contributed by atoms with Crippen molar-refractivity contribution in [2.45, 2.75) is 13.8 Å². The molecule has 2 N–H and O–H groups in total. The molecule has 2 aromatic carbocycles. The summed E-state index contributed by atoms with van der Waals surface area (Å²) in [7, 11) is 0. The molecule has 2 rings (SSSR count). The minimum absolute atomic E-state index is 0.155. The monoisotopic (exact) mass is 315 g/mol. The second kappa shape index (κ2) is 8.17. The van der Waals surface area contributed by atoms with E-state index in [2.05, 4.69) is 29.4 Å². The molecular weight excluding hydrogens is 293 g/mol. The van der Waals surface area contributed by atoms with Crippen LogP contribution in [-0.2, 0) is 4.79 Å². The van der Waals surface area contributed by atoms with E-state index in [4.69, 9.17) is 0 Å². The lowest BCUT2D eigenvalue weighted by Gasteiger charge is -2.21. The molecule has 0 atom stereocenters. The molecule has 2 aromatic rings. The minimum Gasteiger partial charge on any atom is -0.376 e. The third kappa shape index (κ3) is 4.98. The summed E-state index contributed by atoms with van der Waals surface area (Å²) in [6.45, 7) is 6.32. The van der Waals surface area contributed by atoms with Crippen molar-refractivity contribution in [2.75, 3.05) is 35.2 Å². The third-order valence-electron chi connectivity index (χ3n) is 3.58. The van der Waals surface area contributed by atoms with Crippen molar-refractivity contribution in [2.24, 2.45) is 0 Å². The van der Waals surface area contributed by atoms with Gasteiger partial charge >= 0.3 is 0 Å². The first-order valence-electron chi connectivity index (χ1n) is 7.76. The summed E-state index contributed by atoms with van der Waals surface area (Å²) in [6, 6.07) is 13.7. The van der Waals surface area contributed by atoms with Crippen LogP contribution in [0.2, 0.25) is 0 Å². The average Bonchev–Trinajstić information content (AvgIpc) is 2.57. The molecule has 0 unspecified atom stereocenters. The molecule has 1 amide bonds. The number of carbonyl (C=O) groups excluding carboxylic acids is 1. The summed E-state index contributed by atoms with van der Waals surface area (Å²) in [4.78, 5) is 14.1. The van der Waals surface area contributed by atoms with Crippen molar-refractivity contribution in [3.63, 3.8) is 0 Å². The van der Waals surface area contributed by atoms with Crippen molar-refractivity contribution in [3.8, 4) is 0 Å². The van der Waals surface area contributed by atoms with Crippen LogP contribution in [0.1, 0.15) is 13.8 Å². The molecule has 4 nitrogen and oxygen atoms in total. The fourth-order valence-electron chi connectivity index (χ4n) is 2.30. The number of anilines is 3. The van der Waals surface area contributed by atoms with Crippen LogP contribution in [0.15, 0.2) is 48.5 Å². The average molecular weight is 315 g/mol. The quantitative estimate of drug-likeness (QED) is 0.818. The van der Waals surface area contributed by atoms with Crippen molar-refractivity contribution in [1.82, 2.24) is 0 Å². The van der Waals surface area contributed by atoms with E-state index in [0.717, 1.165) is 24.5 Å². The Balaban J connectivity index is 1.85. The van der Waals surface area contributed by atoms with Gasteiger partial charge in [-0.15, -0.1) is 0 Å². The van der Waals surface area contributed by atoms with E-state index >= 15 is 0 Å². The lowest BCUT2D eigenvalue weighted by molar-refractivity contribution is -0.114. The maximum atomic E-state index is 12.8. The summed E-state index contributed by atoms with van der Waals surface area (Å²) >= 11 is 0. The highest BCUT2D eigenvalue weighted by molar-refractivity contribution is 5.93. The number of halogens is 1. The van der Waals surface area contributed by atoms with E-state index < -0.39 is 0 Å². The molecule has 122 valence electrons. The molecule has 0 aromatic heterocycles. The zero-order chi connectivity index (χ0) is 16.7. The van der Waals surface area contributed by atoms with Gasteiger partial charge in [-0.25, -0.2) is 4.39 Å². The first-order valence-corrected chi connectivity index (χ1v) is 7.76. The normalized spacial score (nSPS) is 10.2. The van der Waals surface area contributed by atoms with E-state index in [0.29, 0.717) is 5.69 Å². The Hall–Kier alpha value is -2.56. The van der Waals surface area contributed by atoms with Gasteiger partial charge in [-0.05, 0) is 62.4 Å². The first-order chi connectivity index (χ1) is 11.1. The van der Waals surface area contributed by atoms with Crippen LogP contribution in [-0.4, -0.2) is 25.5 Å². The molecule has 0 fully saturated rings. The molecule has 23 heavy (non-hydrogen) atoms. The van der Waals surface area contributed by atoms with Crippen LogP contribution < -0.4 is 15.5 Å². The lowest BCUT2D eigenvalue weighted by Crippen LogP contribution is -2.22. The molecule has 0 spiro atoms. The standard InChI is InChI=1S/C18H22FN3O/c1-3-22(4-2)17-11-9-15(10-12-17)20-13-18(23)21-16-7-5-14(19)6-8-16/h5-12,20H,3-4,13H2,1-2H3,(H,21,23). The van der Waals surface area contributed by atoms with E-state index in [1.165, 1.54) is 24.3 Å². The van der Waals surface area contributed by atoms with Crippen molar-refractivity contribution >= 4 is 23.0 Å². The molecule has 0 saturated carbocycles. The highest BCUT2D eigenvalue weighted by Gasteiger charge is 2.04. The minimum atomic E-state index is -0.325. The maximum absolute atomic E-state index is 12.8. The van der Waals surface area contributed by atoms with Gasteiger partial charge in [0.15, 0.2) is 0 Å². The fourth-order valence-corrected chi connectivity index (χ4v) is 2.30. The smallest absolute Gasteiger partial charge is 0.243 e. The molecule has 0 aliphatic heterocycles. The van der Waals surface area contributed by atoms with E-state index in [1.807, 2.05) is 24.3 Å². The zero-order valence-corrected chi connectivity index (χ0v) is 13.5. The fraction of sp³-hybridized carbons (Fsp3) is 0.278. The second-order valence-corrected chi connectivity index (χ2v) is 5.13. The largest absolute Gasteiger partial charge is 0.376 e. The van der Waals surface area contributed by atoms with E-state index in [-0.39, 0.29) is 18.3 Å². The second-order valence-electron chi connectivity index (χ2n) is 5.13. The molecule has 0 bridgehead atoms. The number of carbonyl (C=O) groups is 1. The highest BCUT2D eigenvalue weighted by Crippen LogP contribution is 2.17. The van der Waals surface area contributed by atoms with Crippen LogP contribution >= 0.6 is 0 Å². The van der Waals surface area contributed by atoms with Gasteiger partial charge in [0.1, 0.15) is 5.82 Å². The number of hydrogen-bond acceptors (Lipinski definition) is 3. The van der Waals surface area contributed by atoms with Gasteiger partial charge in [-0.1, -0.05) is 0 Å². The summed E-state index contributed by atoms with van der Waals surface area (Å²) in [5.41, 5.74) is 2.63. The van der Waals surface area contributed by atoms with Gasteiger partial charge in [0.2, 0.25) is 5.91 Å². The Labute approximate surface area is 136 Å². The summed E-state index contributed by atoms with van der Waals surface area (Å²) in [5, 5.41) is 5.78. The summed E-state index contributed by atoms with van der Waals surface area (Å²) < 4.78 is 12.8. The molecule has 5 heteroatoms. The SMILES string of the molecule is CCN(CC)c1ccc(NCC(=O)Nc2ccc(F)cc2)cc1. The number of nitrogens with one attached hydrogen (secondary N) is 2. The van der Waals surface area contributed by atoms with Crippen molar-refractivity contribution in [3.05, 3.63) is 54.3 Å². The predicted molar refractivity (Wildman–Crippen MR) is 93.5 cm³/mol. The Bertz CT molecular complexity index is 622. The van der Waals surface area contributed by atoms with Crippen LogP contribution in [0.5, 0.6) is 0 Å². The Morgan fingerprint density at radius 3 is 2.09 bits per heavy atom. The molecule has 0 aliphatic carbocycles. The number of nitrogens with zero attached hydrogens (tertiary/aromatic N) is 1. The zero-order valence-electron chi connectivity index (χ0n) is 13.5. The Morgan fingerprint density at radius 2 is 1.52 bits per heavy atom. The van der Waals surface area contributed by atoms with Crippen LogP contribution in [0.3, 0.4) is 0 Å². The number of amides is 1. The van der Waals surface area contributed by atoms with Gasteiger partial charge < -0.3 is 15.5 Å². The Kier molecular flexibility index (Phi) is 5.97. The molecule has 0 radical (unpaired) electrons. The van der Waals surface area contributed by atoms with E-state index in [1.54, 1.807) is 0 Å². The van der Waals surface area contributed by atoms with Crippen LogP contribution in [0, 0.1) is 5.82 Å². The van der Waals surface area contributed by atoms with Gasteiger partial charge in [0.05, 0.1) is 6.54 Å². The predicted octanol–water partition coefficient (Wildman–Crippen LogP) is 3.72.